The minimum atomic E-state index is -0.0313. The molecule has 1 N–H and O–H groups in total. The maximum absolute atomic E-state index is 12.5. The molecule has 1 amide bonds. The summed E-state index contributed by atoms with van der Waals surface area (Å²) in [7, 11) is 0. The van der Waals surface area contributed by atoms with E-state index >= 15 is 0 Å². The molecule has 0 saturated heterocycles. The molecule has 0 radical (unpaired) electrons. The van der Waals surface area contributed by atoms with Gasteiger partial charge in [-0.1, -0.05) is 6.92 Å². The number of nitrogens with zero attached hydrogens (tertiary/aromatic N) is 4. The van der Waals surface area contributed by atoms with Crippen molar-refractivity contribution in [3.8, 4) is 6.07 Å². The lowest BCUT2D eigenvalue weighted by atomic mass is 9.79. The van der Waals surface area contributed by atoms with Crippen molar-refractivity contribution in [2.45, 2.75) is 38.8 Å². The fourth-order valence-corrected chi connectivity index (χ4v) is 4.17. The van der Waals surface area contributed by atoms with Crippen molar-refractivity contribution in [1.82, 2.24) is 9.97 Å². The second kappa shape index (κ2) is 6.41. The molecule has 0 unspecified atom stereocenters. The van der Waals surface area contributed by atoms with Gasteiger partial charge in [0.25, 0.3) is 0 Å². The van der Waals surface area contributed by atoms with Gasteiger partial charge in [-0.2, -0.15) is 5.26 Å². The molecule has 1 saturated carbocycles. The number of carbonyl (C=O) groups is 1. The molecule has 1 aromatic heterocycles. The average molecular weight is 347 g/mol. The topological polar surface area (TPSA) is 81.9 Å². The Morgan fingerprint density at radius 1 is 1.35 bits per heavy atom. The normalized spacial score (nSPS) is 24.5. The Morgan fingerprint density at radius 3 is 2.77 bits per heavy atom. The van der Waals surface area contributed by atoms with Crippen molar-refractivity contribution in [1.29, 1.82) is 5.26 Å². The van der Waals surface area contributed by atoms with Gasteiger partial charge in [0.2, 0.25) is 5.91 Å². The van der Waals surface area contributed by atoms with Crippen LogP contribution in [-0.4, -0.2) is 21.9 Å². The first kappa shape index (κ1) is 16.5. The van der Waals surface area contributed by atoms with Crippen LogP contribution in [-0.2, 0) is 4.79 Å². The van der Waals surface area contributed by atoms with Crippen molar-refractivity contribution >= 4 is 17.4 Å². The Labute approximate surface area is 152 Å². The summed E-state index contributed by atoms with van der Waals surface area (Å²) < 4.78 is 0. The maximum atomic E-state index is 12.5. The van der Waals surface area contributed by atoms with Crippen molar-refractivity contribution in [3.05, 3.63) is 47.9 Å². The molecule has 1 aliphatic heterocycles. The molecule has 1 aliphatic carbocycles. The molecule has 6 nitrogen and oxygen atoms in total. The number of nitriles is 1. The molecule has 26 heavy (non-hydrogen) atoms. The molecular weight excluding hydrogens is 326 g/mol. The van der Waals surface area contributed by atoms with Gasteiger partial charge in [-0.15, -0.1) is 0 Å². The Morgan fingerprint density at radius 2 is 2.15 bits per heavy atom. The van der Waals surface area contributed by atoms with E-state index in [9.17, 15) is 10.1 Å². The molecule has 3 atom stereocenters. The van der Waals surface area contributed by atoms with E-state index in [4.69, 9.17) is 0 Å². The van der Waals surface area contributed by atoms with E-state index in [1.807, 2.05) is 17.0 Å². The monoisotopic (exact) mass is 347 g/mol. The summed E-state index contributed by atoms with van der Waals surface area (Å²) in [5, 5.41) is 12.8. The van der Waals surface area contributed by atoms with Crippen LogP contribution in [0, 0.1) is 23.2 Å². The first-order valence-corrected chi connectivity index (χ1v) is 8.96. The van der Waals surface area contributed by atoms with E-state index < -0.39 is 0 Å². The number of anilines is 2. The van der Waals surface area contributed by atoms with Gasteiger partial charge in [0.15, 0.2) is 0 Å². The molecule has 1 fully saturated rings. The van der Waals surface area contributed by atoms with Gasteiger partial charge in [0.05, 0.1) is 23.9 Å². The minimum absolute atomic E-state index is 0.0313. The summed E-state index contributed by atoms with van der Waals surface area (Å²) in [5.41, 5.74) is 2.46. The van der Waals surface area contributed by atoms with E-state index in [2.05, 4.69) is 28.3 Å². The van der Waals surface area contributed by atoms with Gasteiger partial charge in [0.1, 0.15) is 5.82 Å². The Hall–Kier alpha value is -2.94. The third kappa shape index (κ3) is 2.80. The van der Waals surface area contributed by atoms with E-state index in [0.717, 1.165) is 24.1 Å². The second-order valence-electron chi connectivity index (χ2n) is 7.17. The molecule has 1 aromatic carbocycles. The minimum Gasteiger partial charge on any atom is -0.362 e. The van der Waals surface area contributed by atoms with E-state index in [-0.39, 0.29) is 23.9 Å². The number of amides is 1. The maximum Gasteiger partial charge on any atom is 0.224 e. The first-order chi connectivity index (χ1) is 12.6. The highest BCUT2D eigenvalue weighted by molar-refractivity contribution is 5.94. The molecule has 0 bridgehead atoms. The zero-order valence-corrected chi connectivity index (χ0v) is 14.9. The number of aromatic nitrogens is 2. The highest BCUT2D eigenvalue weighted by Crippen LogP contribution is 2.50. The van der Waals surface area contributed by atoms with Crippen molar-refractivity contribution < 1.29 is 4.79 Å². The number of benzene rings is 1. The quantitative estimate of drug-likeness (QED) is 0.921. The lowest BCUT2D eigenvalue weighted by Gasteiger charge is -2.45. The summed E-state index contributed by atoms with van der Waals surface area (Å²) in [4.78, 5) is 22.9. The predicted molar refractivity (Wildman–Crippen MR) is 98.4 cm³/mol. The SMILES string of the molecule is CC(=O)N1c2ccc(C#N)cc2[C@H](Nc2cnccn2)[C@@H](C)[C@@H]1C1CC1. The van der Waals surface area contributed by atoms with E-state index in [1.165, 1.54) is 0 Å². The highest BCUT2D eigenvalue weighted by Gasteiger charge is 2.47. The van der Waals surface area contributed by atoms with Crippen LogP contribution < -0.4 is 10.2 Å². The standard InChI is InChI=1S/C20H21N5O/c1-12-19(24-18-11-22-7-8-23-18)16-9-14(10-21)3-6-17(16)25(13(2)26)20(12)15-4-5-15/h3,6-9,11-12,15,19-20H,4-5H2,1-2H3,(H,23,24)/t12-,19-,20-/m1/s1. The fraction of sp³-hybridized carbons (Fsp3) is 0.400. The third-order valence-electron chi connectivity index (χ3n) is 5.42. The molecule has 2 aliphatic rings. The van der Waals surface area contributed by atoms with Crippen LogP contribution >= 0.6 is 0 Å². The summed E-state index contributed by atoms with van der Waals surface area (Å²) in [5.74, 6) is 1.47. The van der Waals surface area contributed by atoms with Crippen LogP contribution in [0.3, 0.4) is 0 Å². The number of hydrogen-bond donors (Lipinski definition) is 1. The van der Waals surface area contributed by atoms with Crippen LogP contribution in [0.5, 0.6) is 0 Å². The van der Waals surface area contributed by atoms with Gasteiger partial charge >= 0.3 is 0 Å². The summed E-state index contributed by atoms with van der Waals surface area (Å²) in [6.45, 7) is 3.80. The summed E-state index contributed by atoms with van der Waals surface area (Å²) in [6.07, 6.45) is 7.30. The number of carbonyl (C=O) groups excluding carboxylic acids is 1. The second-order valence-corrected chi connectivity index (χ2v) is 7.17. The van der Waals surface area contributed by atoms with Crippen LogP contribution in [0.2, 0.25) is 0 Å². The Bertz CT molecular complexity index is 872. The first-order valence-electron chi connectivity index (χ1n) is 8.96. The molecule has 0 spiro atoms. The fourth-order valence-electron chi connectivity index (χ4n) is 4.17. The van der Waals surface area contributed by atoms with Crippen LogP contribution in [0.25, 0.3) is 0 Å². The molecule has 132 valence electrons. The third-order valence-corrected chi connectivity index (χ3v) is 5.42. The Kier molecular flexibility index (Phi) is 4.08. The number of hydrogen-bond acceptors (Lipinski definition) is 5. The van der Waals surface area contributed by atoms with Gasteiger partial charge in [-0.3, -0.25) is 9.78 Å². The van der Waals surface area contributed by atoms with Crippen LogP contribution in [0.15, 0.2) is 36.8 Å². The number of fused-ring (bicyclic) bond motifs is 1. The Balaban J connectivity index is 1.83. The zero-order chi connectivity index (χ0) is 18.3. The number of rotatable bonds is 3. The van der Waals surface area contributed by atoms with Crippen LogP contribution in [0.1, 0.15) is 43.9 Å². The smallest absolute Gasteiger partial charge is 0.224 e. The van der Waals surface area contributed by atoms with Gasteiger partial charge in [-0.05, 0) is 42.5 Å². The van der Waals surface area contributed by atoms with Gasteiger partial charge < -0.3 is 10.2 Å². The average Bonchev–Trinajstić information content (AvgIpc) is 3.48. The largest absolute Gasteiger partial charge is 0.362 e. The zero-order valence-electron chi connectivity index (χ0n) is 14.9. The summed E-state index contributed by atoms with van der Waals surface area (Å²) in [6, 6.07) is 7.91. The van der Waals surface area contributed by atoms with E-state index in [1.54, 1.807) is 31.6 Å². The van der Waals surface area contributed by atoms with Crippen molar-refractivity contribution in [2.24, 2.45) is 11.8 Å². The molecule has 6 heteroatoms. The number of nitrogens with one attached hydrogen (secondary N) is 1. The van der Waals surface area contributed by atoms with Crippen molar-refractivity contribution in [3.63, 3.8) is 0 Å². The predicted octanol–water partition coefficient (Wildman–Crippen LogP) is 3.28. The van der Waals surface area contributed by atoms with E-state index in [0.29, 0.717) is 17.3 Å². The van der Waals surface area contributed by atoms with Gasteiger partial charge in [0, 0.05) is 37.0 Å². The molecular formula is C20H21N5O. The molecule has 2 aromatic rings. The lowest BCUT2D eigenvalue weighted by Crippen LogP contribution is -2.51. The lowest BCUT2D eigenvalue weighted by molar-refractivity contribution is -0.117. The molecule has 4 rings (SSSR count). The highest BCUT2D eigenvalue weighted by atomic mass is 16.2. The van der Waals surface area contributed by atoms with Crippen molar-refractivity contribution in [2.75, 3.05) is 10.2 Å². The van der Waals surface area contributed by atoms with Crippen LogP contribution in [0.4, 0.5) is 11.5 Å². The van der Waals surface area contributed by atoms with Gasteiger partial charge in [-0.25, -0.2) is 4.98 Å². The molecule has 2 heterocycles. The summed E-state index contributed by atoms with van der Waals surface area (Å²) >= 11 is 0.